The van der Waals surface area contributed by atoms with Crippen molar-refractivity contribution in [2.24, 2.45) is 5.73 Å². The molecule has 0 aliphatic carbocycles. The molecule has 0 saturated carbocycles. The van der Waals surface area contributed by atoms with Gasteiger partial charge in [0.2, 0.25) is 0 Å². The molecule has 1 atom stereocenters. The number of nitrogens with zero attached hydrogens (tertiary/aromatic N) is 2. The van der Waals surface area contributed by atoms with Crippen LogP contribution in [-0.2, 0) is 6.42 Å². The third kappa shape index (κ3) is 4.04. The van der Waals surface area contributed by atoms with E-state index in [1.165, 1.54) is 32.1 Å². The van der Waals surface area contributed by atoms with E-state index in [9.17, 15) is 0 Å². The van der Waals surface area contributed by atoms with Gasteiger partial charge in [0.25, 0.3) is 0 Å². The normalized spacial score (nSPS) is 13.0. The zero-order chi connectivity index (χ0) is 11.1. The van der Waals surface area contributed by atoms with Gasteiger partial charge in [-0.1, -0.05) is 32.6 Å². The number of imidazole rings is 1. The van der Waals surface area contributed by atoms with Gasteiger partial charge in [-0.2, -0.15) is 0 Å². The fraction of sp³-hybridized carbons (Fsp3) is 0.750. The first-order chi connectivity index (χ1) is 7.25. The predicted octanol–water partition coefficient (Wildman–Crippen LogP) is 2.87. The highest BCUT2D eigenvalue weighted by atomic mass is 15.1. The van der Waals surface area contributed by atoms with Gasteiger partial charge in [0.1, 0.15) is 5.82 Å². The van der Waals surface area contributed by atoms with Crippen LogP contribution in [0.25, 0.3) is 0 Å². The molecule has 1 unspecified atom stereocenters. The van der Waals surface area contributed by atoms with Crippen molar-refractivity contribution >= 4 is 0 Å². The molecule has 0 spiro atoms. The lowest BCUT2D eigenvalue weighted by atomic mass is 10.1. The highest BCUT2D eigenvalue weighted by Crippen LogP contribution is 2.09. The van der Waals surface area contributed by atoms with Crippen molar-refractivity contribution in [2.75, 3.05) is 0 Å². The smallest absolute Gasteiger partial charge is 0.109 e. The second kappa shape index (κ2) is 6.62. The molecule has 0 radical (unpaired) electrons. The third-order valence-electron chi connectivity index (χ3n) is 2.69. The minimum Gasteiger partial charge on any atom is -0.319 e. The summed E-state index contributed by atoms with van der Waals surface area (Å²) in [4.78, 5) is 4.34. The van der Waals surface area contributed by atoms with Crippen LogP contribution in [0.1, 0.15) is 57.9 Å². The molecule has 0 saturated heterocycles. The molecular formula is C12H23N3. The molecular weight excluding hydrogens is 186 g/mol. The van der Waals surface area contributed by atoms with Crippen LogP contribution in [0.15, 0.2) is 12.4 Å². The Labute approximate surface area is 92.7 Å². The summed E-state index contributed by atoms with van der Waals surface area (Å²) < 4.78 is 2.06. The molecule has 3 nitrogen and oxygen atoms in total. The minimum atomic E-state index is 0.0399. The maximum Gasteiger partial charge on any atom is 0.109 e. The summed E-state index contributed by atoms with van der Waals surface area (Å²) in [5.74, 6) is 1.13. The summed E-state index contributed by atoms with van der Waals surface area (Å²) in [7, 11) is 0. The van der Waals surface area contributed by atoms with Crippen molar-refractivity contribution in [1.29, 1.82) is 0 Å². The van der Waals surface area contributed by atoms with E-state index in [-0.39, 0.29) is 6.17 Å². The molecule has 1 aromatic rings. The second-order valence-electron chi connectivity index (χ2n) is 4.16. The van der Waals surface area contributed by atoms with Crippen LogP contribution in [0.3, 0.4) is 0 Å². The van der Waals surface area contributed by atoms with E-state index in [0.717, 1.165) is 12.2 Å². The zero-order valence-corrected chi connectivity index (χ0v) is 9.95. The Bertz CT molecular complexity index is 266. The van der Waals surface area contributed by atoms with Crippen LogP contribution in [0.4, 0.5) is 0 Å². The van der Waals surface area contributed by atoms with E-state index >= 15 is 0 Å². The summed E-state index contributed by atoms with van der Waals surface area (Å²) in [5.41, 5.74) is 5.83. The molecule has 86 valence electrons. The molecule has 0 aliphatic heterocycles. The lowest BCUT2D eigenvalue weighted by Gasteiger charge is -2.10. The number of hydrogen-bond acceptors (Lipinski definition) is 2. The molecule has 0 bridgehead atoms. The van der Waals surface area contributed by atoms with Crippen molar-refractivity contribution in [3.05, 3.63) is 18.2 Å². The standard InChI is InChI=1S/C12H23N3/c1-3-4-5-6-7-8-12-14-9-10-15(12)11(2)13/h9-11H,3-8,13H2,1-2H3. The van der Waals surface area contributed by atoms with E-state index in [0.29, 0.717) is 0 Å². The maximum absolute atomic E-state index is 5.83. The van der Waals surface area contributed by atoms with Gasteiger partial charge in [-0.05, 0) is 13.3 Å². The van der Waals surface area contributed by atoms with Gasteiger partial charge in [-0.3, -0.25) is 0 Å². The van der Waals surface area contributed by atoms with Crippen LogP contribution >= 0.6 is 0 Å². The lowest BCUT2D eigenvalue weighted by molar-refractivity contribution is 0.529. The number of hydrogen-bond donors (Lipinski definition) is 1. The highest BCUT2D eigenvalue weighted by Gasteiger charge is 2.04. The number of aromatic nitrogens is 2. The summed E-state index contributed by atoms with van der Waals surface area (Å²) >= 11 is 0. The molecule has 0 aliphatic rings. The van der Waals surface area contributed by atoms with E-state index in [2.05, 4.69) is 16.5 Å². The molecule has 1 aromatic heterocycles. The molecule has 0 amide bonds. The monoisotopic (exact) mass is 209 g/mol. The molecule has 2 N–H and O–H groups in total. The summed E-state index contributed by atoms with van der Waals surface area (Å²) in [6, 6.07) is 0. The quantitative estimate of drug-likeness (QED) is 0.702. The van der Waals surface area contributed by atoms with Crippen molar-refractivity contribution < 1.29 is 0 Å². The van der Waals surface area contributed by atoms with Gasteiger partial charge in [-0.15, -0.1) is 0 Å². The number of unbranched alkanes of at least 4 members (excludes halogenated alkanes) is 4. The molecule has 1 rings (SSSR count). The van der Waals surface area contributed by atoms with Crippen LogP contribution in [0.5, 0.6) is 0 Å². The predicted molar refractivity (Wildman–Crippen MR) is 63.6 cm³/mol. The highest BCUT2D eigenvalue weighted by molar-refractivity contribution is 4.94. The Hall–Kier alpha value is -0.830. The molecule has 15 heavy (non-hydrogen) atoms. The van der Waals surface area contributed by atoms with Gasteiger partial charge in [-0.25, -0.2) is 4.98 Å². The molecule has 0 fully saturated rings. The Morgan fingerprint density at radius 1 is 1.33 bits per heavy atom. The number of nitrogens with two attached hydrogens (primary N) is 1. The van der Waals surface area contributed by atoms with Gasteiger partial charge in [0.05, 0.1) is 6.17 Å². The Balaban J connectivity index is 2.28. The maximum atomic E-state index is 5.83. The van der Waals surface area contributed by atoms with E-state index in [1.54, 1.807) is 0 Å². The van der Waals surface area contributed by atoms with E-state index < -0.39 is 0 Å². The van der Waals surface area contributed by atoms with Gasteiger partial charge < -0.3 is 10.3 Å². The van der Waals surface area contributed by atoms with Gasteiger partial charge in [0, 0.05) is 18.8 Å². The summed E-state index contributed by atoms with van der Waals surface area (Å²) in [6.07, 6.45) is 11.4. The first-order valence-corrected chi connectivity index (χ1v) is 6.03. The Kier molecular flexibility index (Phi) is 5.40. The van der Waals surface area contributed by atoms with Crippen molar-refractivity contribution in [2.45, 2.75) is 58.5 Å². The average molecular weight is 209 g/mol. The lowest BCUT2D eigenvalue weighted by Crippen LogP contribution is -2.16. The Morgan fingerprint density at radius 3 is 2.73 bits per heavy atom. The Morgan fingerprint density at radius 2 is 2.07 bits per heavy atom. The second-order valence-corrected chi connectivity index (χ2v) is 4.16. The largest absolute Gasteiger partial charge is 0.319 e. The molecule has 0 aromatic carbocycles. The van der Waals surface area contributed by atoms with E-state index in [4.69, 9.17) is 5.73 Å². The van der Waals surface area contributed by atoms with Crippen LogP contribution in [-0.4, -0.2) is 9.55 Å². The number of rotatable bonds is 7. The van der Waals surface area contributed by atoms with Crippen molar-refractivity contribution in [3.63, 3.8) is 0 Å². The summed E-state index contributed by atoms with van der Waals surface area (Å²) in [6.45, 7) is 4.23. The van der Waals surface area contributed by atoms with Gasteiger partial charge >= 0.3 is 0 Å². The fourth-order valence-electron chi connectivity index (χ4n) is 1.80. The molecule has 1 heterocycles. The average Bonchev–Trinajstić information content (AvgIpc) is 2.66. The first kappa shape index (κ1) is 12.2. The number of aryl methyl sites for hydroxylation is 1. The fourth-order valence-corrected chi connectivity index (χ4v) is 1.80. The van der Waals surface area contributed by atoms with Crippen LogP contribution in [0, 0.1) is 0 Å². The topological polar surface area (TPSA) is 43.8 Å². The SMILES string of the molecule is CCCCCCCc1nccn1C(C)N. The first-order valence-electron chi connectivity index (χ1n) is 6.03. The minimum absolute atomic E-state index is 0.0399. The van der Waals surface area contributed by atoms with Gasteiger partial charge in [0.15, 0.2) is 0 Å². The molecule has 3 heteroatoms. The van der Waals surface area contributed by atoms with Crippen LogP contribution in [0.2, 0.25) is 0 Å². The van der Waals surface area contributed by atoms with Crippen molar-refractivity contribution in [1.82, 2.24) is 9.55 Å². The van der Waals surface area contributed by atoms with E-state index in [1.807, 2.05) is 19.3 Å². The third-order valence-corrected chi connectivity index (χ3v) is 2.69. The zero-order valence-electron chi connectivity index (χ0n) is 9.95. The van der Waals surface area contributed by atoms with Crippen molar-refractivity contribution in [3.8, 4) is 0 Å². The summed E-state index contributed by atoms with van der Waals surface area (Å²) in [5, 5.41) is 0. The van der Waals surface area contributed by atoms with Crippen LogP contribution < -0.4 is 5.73 Å².